The zero-order valence-corrected chi connectivity index (χ0v) is 25.2. The largest absolute Gasteiger partial charge is 0.465 e. The average molecular weight is 595 g/mol. The lowest BCUT2D eigenvalue weighted by molar-refractivity contribution is 0.0818. The number of carboxylic acid groups (broad SMARTS) is 1. The van der Waals surface area contributed by atoms with Crippen molar-refractivity contribution in [2.24, 2.45) is 5.92 Å². The fourth-order valence-electron chi connectivity index (χ4n) is 6.18. The monoisotopic (exact) mass is 594 g/mol. The predicted octanol–water partition coefficient (Wildman–Crippen LogP) is 4.68. The Hall–Kier alpha value is -3.63. The molecule has 3 aliphatic rings. The lowest BCUT2D eigenvalue weighted by atomic mass is 10.1. The molecule has 1 unspecified atom stereocenters. The normalized spacial score (nSPS) is 19.0. The van der Waals surface area contributed by atoms with Gasteiger partial charge in [0.2, 0.25) is 0 Å². The van der Waals surface area contributed by atoms with E-state index in [9.17, 15) is 19.5 Å². The minimum Gasteiger partial charge on any atom is -0.465 e. The van der Waals surface area contributed by atoms with Crippen LogP contribution in [0.5, 0.6) is 0 Å². The molecule has 5 rings (SSSR count). The Balaban J connectivity index is 1.18. The first-order chi connectivity index (χ1) is 20.1. The number of piperidine rings is 1. The first-order valence-corrected chi connectivity index (χ1v) is 15.0. The molecule has 1 atom stereocenters. The number of nitrogens with zero attached hydrogens (tertiary/aromatic N) is 5. The fraction of sp³-hybridized carbons (Fsp3) is 0.484. The van der Waals surface area contributed by atoms with E-state index in [4.69, 9.17) is 11.6 Å². The highest BCUT2D eigenvalue weighted by atomic mass is 35.5. The minimum absolute atomic E-state index is 0.0126. The van der Waals surface area contributed by atoms with Crippen molar-refractivity contribution in [1.29, 1.82) is 0 Å². The average Bonchev–Trinajstić information content (AvgIpc) is 3.52. The lowest BCUT2D eigenvalue weighted by Crippen LogP contribution is -2.50. The van der Waals surface area contributed by atoms with Crippen LogP contribution in [0.25, 0.3) is 0 Å². The first kappa shape index (κ1) is 29.8. The lowest BCUT2D eigenvalue weighted by Gasteiger charge is -2.32. The van der Waals surface area contributed by atoms with Gasteiger partial charge in [0.1, 0.15) is 0 Å². The Labute approximate surface area is 251 Å². The number of carbonyl (C=O) groups is 3. The van der Waals surface area contributed by atoms with Gasteiger partial charge in [-0.2, -0.15) is 0 Å². The van der Waals surface area contributed by atoms with E-state index < -0.39 is 6.09 Å². The van der Waals surface area contributed by atoms with Crippen LogP contribution in [0.3, 0.4) is 0 Å². The van der Waals surface area contributed by atoms with Crippen LogP contribution < -0.4 is 10.2 Å². The molecule has 0 spiro atoms. The molecule has 1 aromatic carbocycles. The smallest absolute Gasteiger partial charge is 0.407 e. The molecule has 2 N–H and O–H groups in total. The maximum atomic E-state index is 13.5. The van der Waals surface area contributed by atoms with Crippen molar-refractivity contribution in [3.8, 4) is 0 Å². The van der Waals surface area contributed by atoms with Crippen molar-refractivity contribution >= 4 is 35.3 Å². The molecule has 4 amide bonds. The number of carbonyl (C=O) groups excluding carboxylic acids is 2. The van der Waals surface area contributed by atoms with E-state index in [-0.39, 0.29) is 18.0 Å². The summed E-state index contributed by atoms with van der Waals surface area (Å²) in [5, 5.41) is 13.0. The summed E-state index contributed by atoms with van der Waals surface area (Å²) in [6.07, 6.45) is 4.78. The topological polar surface area (TPSA) is 109 Å². The highest BCUT2D eigenvalue weighted by Crippen LogP contribution is 2.31. The number of anilines is 1. The van der Waals surface area contributed by atoms with Gasteiger partial charge in [-0.3, -0.25) is 19.6 Å². The second-order valence-electron chi connectivity index (χ2n) is 11.6. The second-order valence-corrected chi connectivity index (χ2v) is 12.0. The molecule has 1 aromatic heterocycles. The molecule has 0 aliphatic carbocycles. The molecular weight excluding hydrogens is 556 g/mol. The maximum absolute atomic E-state index is 13.5. The number of nitrogens with one attached hydrogen (secondary N) is 1. The third-order valence-electron chi connectivity index (χ3n) is 8.63. The molecule has 0 bridgehead atoms. The first-order valence-electron chi connectivity index (χ1n) is 14.6. The van der Waals surface area contributed by atoms with Crippen LogP contribution >= 0.6 is 11.6 Å². The third kappa shape index (κ3) is 6.55. The van der Waals surface area contributed by atoms with Crippen LogP contribution in [0.15, 0.2) is 42.2 Å². The van der Waals surface area contributed by atoms with Crippen molar-refractivity contribution < 1.29 is 19.5 Å². The van der Waals surface area contributed by atoms with Gasteiger partial charge in [-0.1, -0.05) is 17.7 Å². The van der Waals surface area contributed by atoms with Crippen molar-refractivity contribution in [2.45, 2.75) is 46.1 Å². The Morgan fingerprint density at radius 2 is 1.86 bits per heavy atom. The molecule has 3 aliphatic heterocycles. The van der Waals surface area contributed by atoms with Gasteiger partial charge in [0, 0.05) is 80.9 Å². The van der Waals surface area contributed by atoms with E-state index >= 15 is 0 Å². The Bertz CT molecular complexity index is 1370. The summed E-state index contributed by atoms with van der Waals surface area (Å²) in [5.74, 6) is 0.330. The number of aromatic nitrogens is 1. The predicted molar refractivity (Wildman–Crippen MR) is 162 cm³/mol. The zero-order valence-electron chi connectivity index (χ0n) is 24.5. The number of hydrogen-bond acceptors (Lipinski definition) is 5. The van der Waals surface area contributed by atoms with Crippen molar-refractivity contribution in [3.05, 3.63) is 69.6 Å². The Kier molecular flexibility index (Phi) is 9.03. The fourth-order valence-corrected chi connectivity index (χ4v) is 6.36. The number of urea groups is 1. The summed E-state index contributed by atoms with van der Waals surface area (Å²) in [6, 6.07) is 7.26. The molecule has 4 heterocycles. The van der Waals surface area contributed by atoms with Crippen LogP contribution in [0.4, 0.5) is 15.3 Å². The third-order valence-corrected chi connectivity index (χ3v) is 9.04. The molecule has 0 saturated carbocycles. The molecule has 2 aromatic rings. The summed E-state index contributed by atoms with van der Waals surface area (Å²) >= 11 is 6.42. The number of benzene rings is 1. The molecule has 2 fully saturated rings. The van der Waals surface area contributed by atoms with Gasteiger partial charge in [0.25, 0.3) is 5.91 Å². The second kappa shape index (κ2) is 12.7. The highest BCUT2D eigenvalue weighted by Gasteiger charge is 2.36. The molecule has 0 radical (unpaired) electrons. The molecule has 10 nitrogen and oxygen atoms in total. The molecule has 42 heavy (non-hydrogen) atoms. The van der Waals surface area contributed by atoms with Crippen molar-refractivity contribution in [2.75, 3.05) is 50.7 Å². The molecule has 2 saturated heterocycles. The number of hydrogen-bond donors (Lipinski definition) is 2. The molecule has 224 valence electrons. The number of amides is 4. The van der Waals surface area contributed by atoms with Crippen LogP contribution in [-0.2, 0) is 0 Å². The van der Waals surface area contributed by atoms with Gasteiger partial charge < -0.3 is 20.2 Å². The number of likely N-dealkylation sites (tertiary alicyclic amines) is 2. The SMILES string of the molecule is Cc1ccc(N(CCCN2CC3=CN(C(=O)c4c(C)ccnc4C)CC3C2)C(=O)NC2CCN(C(=O)O)CC2)cc1Cl. The van der Waals surface area contributed by atoms with Gasteiger partial charge >= 0.3 is 12.1 Å². The van der Waals surface area contributed by atoms with Gasteiger partial charge in [0.05, 0.1) is 11.3 Å². The summed E-state index contributed by atoms with van der Waals surface area (Å²) in [4.78, 5) is 49.6. The summed E-state index contributed by atoms with van der Waals surface area (Å²) in [5.41, 5.74) is 5.34. The van der Waals surface area contributed by atoms with Gasteiger partial charge in [-0.15, -0.1) is 0 Å². The van der Waals surface area contributed by atoms with Gasteiger partial charge in [-0.05, 0) is 74.9 Å². The van der Waals surface area contributed by atoms with Crippen LogP contribution in [0, 0.1) is 26.7 Å². The number of aryl methyl sites for hydroxylation is 3. The van der Waals surface area contributed by atoms with E-state index in [0.717, 1.165) is 48.6 Å². The summed E-state index contributed by atoms with van der Waals surface area (Å²) < 4.78 is 0. The van der Waals surface area contributed by atoms with E-state index in [2.05, 4.69) is 15.2 Å². The zero-order chi connectivity index (χ0) is 30.0. The van der Waals surface area contributed by atoms with E-state index in [1.165, 1.54) is 10.5 Å². The maximum Gasteiger partial charge on any atom is 0.407 e. The van der Waals surface area contributed by atoms with Gasteiger partial charge in [0.15, 0.2) is 0 Å². The standard InChI is InChI=1S/C31H39ClN6O4/c1-20-5-6-26(15-27(20)32)38(30(40)34-25-8-13-36(14-9-25)31(41)42)12-4-11-35-16-23-18-37(19-24(23)17-35)29(39)28-21(2)7-10-33-22(28)3/h5-7,10,15,18,24-25H,4,8-9,11-14,16-17,19H2,1-3H3,(H,34,40)(H,41,42). The van der Waals surface area contributed by atoms with E-state index in [0.29, 0.717) is 55.5 Å². The quantitative estimate of drug-likeness (QED) is 0.482. The summed E-state index contributed by atoms with van der Waals surface area (Å²) in [7, 11) is 0. The number of pyridine rings is 1. The van der Waals surface area contributed by atoms with Crippen LogP contribution in [0.2, 0.25) is 5.02 Å². The highest BCUT2D eigenvalue weighted by molar-refractivity contribution is 6.31. The minimum atomic E-state index is -0.921. The number of rotatable bonds is 7. The number of fused-ring (bicyclic) bond motifs is 1. The van der Waals surface area contributed by atoms with E-state index in [1.807, 2.05) is 56.1 Å². The molecular formula is C31H39ClN6O4. The van der Waals surface area contributed by atoms with E-state index in [1.54, 1.807) is 11.1 Å². The van der Waals surface area contributed by atoms with Crippen LogP contribution in [0.1, 0.15) is 46.4 Å². The Morgan fingerprint density at radius 1 is 1.10 bits per heavy atom. The van der Waals surface area contributed by atoms with Crippen molar-refractivity contribution in [3.63, 3.8) is 0 Å². The van der Waals surface area contributed by atoms with Gasteiger partial charge in [-0.25, -0.2) is 9.59 Å². The molecule has 11 heteroatoms. The summed E-state index contributed by atoms with van der Waals surface area (Å²) in [6.45, 7) is 10.3. The van der Waals surface area contributed by atoms with Crippen LogP contribution in [-0.4, -0.2) is 94.7 Å². The Morgan fingerprint density at radius 3 is 2.52 bits per heavy atom. The number of halogens is 1. The van der Waals surface area contributed by atoms with Crippen molar-refractivity contribution in [1.82, 2.24) is 25.0 Å².